The normalized spacial score (nSPS) is 25.0. The summed E-state index contributed by atoms with van der Waals surface area (Å²) in [6, 6.07) is 0. The number of carbonyl (C=O) groups excluding carboxylic acids is 1. The number of carbonyl (C=O) groups is 1. The summed E-state index contributed by atoms with van der Waals surface area (Å²) in [5.41, 5.74) is 0.0636. The van der Waals surface area contributed by atoms with Crippen LogP contribution in [0.25, 0.3) is 0 Å². The average molecular weight is 214 g/mol. The van der Waals surface area contributed by atoms with E-state index in [1.54, 1.807) is 0 Å². The van der Waals surface area contributed by atoms with Gasteiger partial charge in [0.05, 0.1) is 13.0 Å². The fourth-order valence-electron chi connectivity index (χ4n) is 1.90. The summed E-state index contributed by atoms with van der Waals surface area (Å²) < 4.78 is 10.7. The second-order valence-electron chi connectivity index (χ2n) is 5.09. The molecule has 0 amide bonds. The first-order chi connectivity index (χ1) is 7.03. The standard InChI is InChI=1S/C12H22O3/c1-4-5-6-14-9-10-7-12(2,3)8-11(13)15-10/h10H,4-9H2,1-3H3. The van der Waals surface area contributed by atoms with E-state index in [4.69, 9.17) is 9.47 Å². The molecule has 1 aliphatic heterocycles. The van der Waals surface area contributed by atoms with Crippen LogP contribution in [0.5, 0.6) is 0 Å². The maximum atomic E-state index is 11.3. The molecule has 3 heteroatoms. The Bertz CT molecular complexity index is 211. The van der Waals surface area contributed by atoms with E-state index in [2.05, 4.69) is 20.8 Å². The van der Waals surface area contributed by atoms with Gasteiger partial charge < -0.3 is 9.47 Å². The van der Waals surface area contributed by atoms with E-state index in [1.165, 1.54) is 0 Å². The van der Waals surface area contributed by atoms with Crippen molar-refractivity contribution in [2.75, 3.05) is 13.2 Å². The Labute approximate surface area is 92.1 Å². The minimum absolute atomic E-state index is 0.0434. The van der Waals surface area contributed by atoms with E-state index in [0.29, 0.717) is 13.0 Å². The first-order valence-corrected chi connectivity index (χ1v) is 5.81. The number of cyclic esters (lactones) is 1. The molecule has 1 aliphatic rings. The molecule has 88 valence electrons. The molecule has 0 N–H and O–H groups in total. The number of rotatable bonds is 5. The lowest BCUT2D eigenvalue weighted by atomic mass is 9.82. The van der Waals surface area contributed by atoms with Gasteiger partial charge in [-0.1, -0.05) is 27.2 Å². The molecule has 0 spiro atoms. The van der Waals surface area contributed by atoms with E-state index < -0.39 is 0 Å². The molecule has 0 aromatic heterocycles. The Balaban J connectivity index is 2.26. The van der Waals surface area contributed by atoms with Crippen molar-refractivity contribution in [3.8, 4) is 0 Å². The van der Waals surface area contributed by atoms with Crippen LogP contribution in [0.3, 0.4) is 0 Å². The highest BCUT2D eigenvalue weighted by Crippen LogP contribution is 2.32. The van der Waals surface area contributed by atoms with Crippen molar-refractivity contribution in [2.45, 2.75) is 52.6 Å². The zero-order chi connectivity index (χ0) is 11.3. The van der Waals surface area contributed by atoms with Gasteiger partial charge in [0.25, 0.3) is 0 Å². The van der Waals surface area contributed by atoms with Crippen molar-refractivity contribution >= 4 is 5.97 Å². The summed E-state index contributed by atoms with van der Waals surface area (Å²) in [5.74, 6) is -0.0876. The third-order valence-electron chi connectivity index (χ3n) is 2.65. The maximum Gasteiger partial charge on any atom is 0.306 e. The van der Waals surface area contributed by atoms with Crippen LogP contribution in [-0.4, -0.2) is 25.3 Å². The molecule has 1 heterocycles. The Morgan fingerprint density at radius 3 is 2.87 bits per heavy atom. The summed E-state index contributed by atoms with van der Waals surface area (Å²) in [7, 11) is 0. The van der Waals surface area contributed by atoms with Crippen LogP contribution >= 0.6 is 0 Å². The summed E-state index contributed by atoms with van der Waals surface area (Å²) >= 11 is 0. The number of esters is 1. The molecule has 0 aromatic rings. The second-order valence-corrected chi connectivity index (χ2v) is 5.09. The largest absolute Gasteiger partial charge is 0.460 e. The van der Waals surface area contributed by atoms with Crippen molar-refractivity contribution in [3.05, 3.63) is 0 Å². The predicted octanol–water partition coefficient (Wildman–Crippen LogP) is 2.53. The molecule has 0 aliphatic carbocycles. The Kier molecular flexibility index (Phi) is 4.58. The van der Waals surface area contributed by atoms with Gasteiger partial charge in [-0.2, -0.15) is 0 Å². The molecular formula is C12H22O3. The Hall–Kier alpha value is -0.570. The maximum absolute atomic E-state index is 11.3. The molecule has 0 bridgehead atoms. The summed E-state index contributed by atoms with van der Waals surface area (Å²) in [5, 5.41) is 0. The number of unbranched alkanes of at least 4 members (excludes halogenated alkanes) is 1. The van der Waals surface area contributed by atoms with Crippen molar-refractivity contribution in [3.63, 3.8) is 0 Å². The van der Waals surface area contributed by atoms with Crippen LogP contribution in [0.2, 0.25) is 0 Å². The van der Waals surface area contributed by atoms with E-state index >= 15 is 0 Å². The lowest BCUT2D eigenvalue weighted by Crippen LogP contribution is -2.37. The Morgan fingerprint density at radius 1 is 1.53 bits per heavy atom. The van der Waals surface area contributed by atoms with Crippen molar-refractivity contribution < 1.29 is 14.3 Å². The van der Waals surface area contributed by atoms with Crippen molar-refractivity contribution in [1.29, 1.82) is 0 Å². The monoisotopic (exact) mass is 214 g/mol. The van der Waals surface area contributed by atoms with Crippen molar-refractivity contribution in [1.82, 2.24) is 0 Å². The van der Waals surface area contributed by atoms with Crippen molar-refractivity contribution in [2.24, 2.45) is 5.41 Å². The first-order valence-electron chi connectivity index (χ1n) is 5.81. The van der Waals surface area contributed by atoms with Gasteiger partial charge in [0.1, 0.15) is 6.10 Å². The highest BCUT2D eigenvalue weighted by molar-refractivity contribution is 5.71. The van der Waals surface area contributed by atoms with Gasteiger partial charge in [0.2, 0.25) is 0 Å². The molecule has 0 radical (unpaired) electrons. The van der Waals surface area contributed by atoms with Gasteiger partial charge in [0, 0.05) is 6.61 Å². The van der Waals surface area contributed by atoms with E-state index in [-0.39, 0.29) is 17.5 Å². The van der Waals surface area contributed by atoms with Gasteiger partial charge in [-0.25, -0.2) is 0 Å². The zero-order valence-electron chi connectivity index (χ0n) is 10.0. The molecule has 3 nitrogen and oxygen atoms in total. The molecule has 0 aromatic carbocycles. The number of hydrogen-bond donors (Lipinski definition) is 0. The molecular weight excluding hydrogens is 192 g/mol. The fraction of sp³-hybridized carbons (Fsp3) is 0.917. The smallest absolute Gasteiger partial charge is 0.306 e. The highest BCUT2D eigenvalue weighted by atomic mass is 16.6. The topological polar surface area (TPSA) is 35.5 Å². The third-order valence-corrected chi connectivity index (χ3v) is 2.65. The quantitative estimate of drug-likeness (QED) is 0.521. The lowest BCUT2D eigenvalue weighted by Gasteiger charge is -2.34. The summed E-state index contributed by atoms with van der Waals surface area (Å²) in [4.78, 5) is 11.3. The zero-order valence-corrected chi connectivity index (χ0v) is 10.0. The number of ether oxygens (including phenoxy) is 2. The molecule has 15 heavy (non-hydrogen) atoms. The molecule has 0 saturated carbocycles. The van der Waals surface area contributed by atoms with Crippen LogP contribution in [0.1, 0.15) is 46.5 Å². The molecule has 1 rings (SSSR count). The van der Waals surface area contributed by atoms with E-state index in [0.717, 1.165) is 25.9 Å². The van der Waals surface area contributed by atoms with Crippen LogP contribution in [0.15, 0.2) is 0 Å². The van der Waals surface area contributed by atoms with Gasteiger partial charge in [-0.05, 0) is 18.3 Å². The predicted molar refractivity (Wildman–Crippen MR) is 58.6 cm³/mol. The fourth-order valence-corrected chi connectivity index (χ4v) is 1.90. The summed E-state index contributed by atoms with van der Waals surface area (Å²) in [6.45, 7) is 7.66. The van der Waals surface area contributed by atoms with Gasteiger partial charge in [-0.3, -0.25) is 4.79 Å². The van der Waals surface area contributed by atoms with Gasteiger partial charge >= 0.3 is 5.97 Å². The van der Waals surface area contributed by atoms with Crippen LogP contribution < -0.4 is 0 Å². The molecule has 1 atom stereocenters. The van der Waals surface area contributed by atoms with E-state index in [9.17, 15) is 4.79 Å². The highest BCUT2D eigenvalue weighted by Gasteiger charge is 2.34. The SMILES string of the molecule is CCCCOCC1CC(C)(C)CC(=O)O1. The lowest BCUT2D eigenvalue weighted by molar-refractivity contribution is -0.164. The molecule has 1 unspecified atom stereocenters. The Morgan fingerprint density at radius 2 is 2.27 bits per heavy atom. The second kappa shape index (κ2) is 5.50. The molecule has 1 fully saturated rings. The first kappa shape index (κ1) is 12.5. The number of hydrogen-bond acceptors (Lipinski definition) is 3. The molecule has 1 saturated heterocycles. The summed E-state index contributed by atoms with van der Waals surface area (Å²) in [6.07, 6.45) is 3.60. The van der Waals surface area contributed by atoms with E-state index in [1.807, 2.05) is 0 Å². The van der Waals surface area contributed by atoms with Crippen LogP contribution in [0.4, 0.5) is 0 Å². The van der Waals surface area contributed by atoms with Gasteiger partial charge in [-0.15, -0.1) is 0 Å². The average Bonchev–Trinajstić information content (AvgIpc) is 2.09. The minimum Gasteiger partial charge on any atom is -0.460 e. The van der Waals surface area contributed by atoms with Gasteiger partial charge in [0.15, 0.2) is 0 Å². The minimum atomic E-state index is -0.0876. The van der Waals surface area contributed by atoms with Crippen LogP contribution in [0, 0.1) is 5.41 Å². The van der Waals surface area contributed by atoms with Crippen LogP contribution in [-0.2, 0) is 14.3 Å². The third kappa shape index (κ3) is 4.65.